The van der Waals surface area contributed by atoms with Crippen LogP contribution in [0.25, 0.3) is 0 Å². The molecule has 2 fully saturated rings. The molecule has 2 aliphatic heterocycles. The van der Waals surface area contributed by atoms with Crippen molar-refractivity contribution in [3.8, 4) is 0 Å². The fourth-order valence-electron chi connectivity index (χ4n) is 4.04. The molecular formula is C19H23N3O2. The fraction of sp³-hybridized carbons (Fsp3) is 0.474. The third-order valence-corrected chi connectivity index (χ3v) is 5.16. The molecule has 2 aromatic heterocycles. The van der Waals surface area contributed by atoms with E-state index in [4.69, 9.17) is 4.42 Å². The molecule has 0 unspecified atom stereocenters. The lowest BCUT2D eigenvalue weighted by molar-refractivity contribution is -0.129. The van der Waals surface area contributed by atoms with Gasteiger partial charge in [0.2, 0.25) is 5.91 Å². The summed E-state index contributed by atoms with van der Waals surface area (Å²) in [5.74, 6) is 2.17. The van der Waals surface area contributed by atoms with Gasteiger partial charge in [0.1, 0.15) is 11.5 Å². The molecule has 0 saturated carbocycles. The van der Waals surface area contributed by atoms with Gasteiger partial charge in [0.05, 0.1) is 18.8 Å². The molecule has 126 valence electrons. The largest absolute Gasteiger partial charge is 0.465 e. The predicted molar refractivity (Wildman–Crippen MR) is 90.2 cm³/mol. The Kier molecular flexibility index (Phi) is 3.88. The number of fused-ring (bicyclic) bond motifs is 1. The Morgan fingerprint density at radius 1 is 1.17 bits per heavy atom. The van der Waals surface area contributed by atoms with Crippen LogP contribution in [0.5, 0.6) is 0 Å². The molecule has 24 heavy (non-hydrogen) atoms. The van der Waals surface area contributed by atoms with E-state index in [9.17, 15) is 4.79 Å². The van der Waals surface area contributed by atoms with Gasteiger partial charge in [-0.2, -0.15) is 0 Å². The van der Waals surface area contributed by atoms with E-state index in [0.717, 1.165) is 42.4 Å². The Hall–Kier alpha value is -2.14. The standard InChI is InChI=1S/C19H23N3O2/c1-13-4-3-5-15(20-13)11-22-17-8-9-21(18(17)10-19(22)23)12-16-7-6-14(2)24-16/h3-7,17-18H,8-12H2,1-2H3/t17-,18-/m1/s1. The van der Waals surface area contributed by atoms with Gasteiger partial charge in [0.25, 0.3) is 0 Å². The van der Waals surface area contributed by atoms with Crippen LogP contribution in [0.1, 0.15) is 35.7 Å². The van der Waals surface area contributed by atoms with E-state index < -0.39 is 0 Å². The van der Waals surface area contributed by atoms with E-state index in [-0.39, 0.29) is 5.91 Å². The topological polar surface area (TPSA) is 49.6 Å². The third-order valence-electron chi connectivity index (χ3n) is 5.16. The van der Waals surface area contributed by atoms with Crippen LogP contribution in [0.15, 0.2) is 34.7 Å². The van der Waals surface area contributed by atoms with Crippen LogP contribution in [0.3, 0.4) is 0 Å². The number of hydrogen-bond donors (Lipinski definition) is 0. The van der Waals surface area contributed by atoms with E-state index in [0.29, 0.717) is 25.0 Å². The minimum atomic E-state index is 0.244. The number of hydrogen-bond acceptors (Lipinski definition) is 4. The van der Waals surface area contributed by atoms with Crippen molar-refractivity contribution in [3.05, 3.63) is 53.2 Å². The van der Waals surface area contributed by atoms with E-state index in [2.05, 4.69) is 9.88 Å². The summed E-state index contributed by atoms with van der Waals surface area (Å²) in [6.07, 6.45) is 1.64. The van der Waals surface area contributed by atoms with Gasteiger partial charge in [-0.1, -0.05) is 6.07 Å². The van der Waals surface area contributed by atoms with Gasteiger partial charge in [0.15, 0.2) is 0 Å². The zero-order valence-corrected chi connectivity index (χ0v) is 14.2. The van der Waals surface area contributed by atoms with Gasteiger partial charge in [-0.05, 0) is 44.5 Å². The Bertz CT molecular complexity index is 755. The maximum atomic E-state index is 12.5. The molecule has 0 radical (unpaired) electrons. The van der Waals surface area contributed by atoms with Gasteiger partial charge in [-0.15, -0.1) is 0 Å². The summed E-state index contributed by atoms with van der Waals surface area (Å²) in [4.78, 5) is 21.5. The second kappa shape index (κ2) is 6.06. The van der Waals surface area contributed by atoms with Crippen molar-refractivity contribution in [2.24, 2.45) is 0 Å². The Morgan fingerprint density at radius 3 is 2.79 bits per heavy atom. The lowest BCUT2D eigenvalue weighted by Gasteiger charge is -2.25. The average molecular weight is 325 g/mol. The van der Waals surface area contributed by atoms with Crippen LogP contribution < -0.4 is 0 Å². The predicted octanol–water partition coefficient (Wildman–Crippen LogP) is 2.67. The highest BCUT2D eigenvalue weighted by Crippen LogP contribution is 2.34. The molecule has 1 amide bonds. The molecule has 0 aliphatic carbocycles. The number of rotatable bonds is 4. The first kappa shape index (κ1) is 15.4. The van der Waals surface area contributed by atoms with Crippen LogP contribution >= 0.6 is 0 Å². The molecule has 5 nitrogen and oxygen atoms in total. The molecule has 4 heterocycles. The summed E-state index contributed by atoms with van der Waals surface area (Å²) >= 11 is 0. The summed E-state index contributed by atoms with van der Waals surface area (Å²) < 4.78 is 5.71. The average Bonchev–Trinajstić information content (AvgIpc) is 3.20. The highest BCUT2D eigenvalue weighted by atomic mass is 16.3. The molecule has 0 bridgehead atoms. The lowest BCUT2D eigenvalue weighted by Crippen LogP contribution is -2.36. The number of aromatic nitrogens is 1. The van der Waals surface area contributed by atoms with E-state index in [1.54, 1.807) is 0 Å². The molecule has 0 spiro atoms. The maximum Gasteiger partial charge on any atom is 0.224 e. The molecule has 2 aromatic rings. The molecular weight excluding hydrogens is 302 g/mol. The first-order valence-electron chi connectivity index (χ1n) is 8.61. The minimum absolute atomic E-state index is 0.244. The number of furan rings is 1. The molecule has 4 rings (SSSR count). The zero-order valence-electron chi connectivity index (χ0n) is 14.2. The van der Waals surface area contributed by atoms with Crippen LogP contribution in [-0.4, -0.2) is 39.3 Å². The lowest BCUT2D eigenvalue weighted by atomic mass is 10.1. The summed E-state index contributed by atoms with van der Waals surface area (Å²) in [5.41, 5.74) is 1.97. The quantitative estimate of drug-likeness (QED) is 0.867. The molecule has 2 atom stereocenters. The summed E-state index contributed by atoms with van der Waals surface area (Å²) in [6, 6.07) is 10.6. The second-order valence-corrected chi connectivity index (χ2v) is 6.90. The SMILES string of the molecule is Cc1cccc(CN2C(=O)C[C@@H]3[C@H]2CCN3Cc2ccc(C)o2)n1. The zero-order chi connectivity index (χ0) is 16.7. The van der Waals surface area contributed by atoms with Crippen molar-refractivity contribution in [3.63, 3.8) is 0 Å². The summed E-state index contributed by atoms with van der Waals surface area (Å²) in [5, 5.41) is 0. The van der Waals surface area contributed by atoms with Crippen molar-refractivity contribution in [1.82, 2.24) is 14.8 Å². The van der Waals surface area contributed by atoms with Crippen molar-refractivity contribution < 1.29 is 9.21 Å². The Balaban J connectivity index is 1.47. The van der Waals surface area contributed by atoms with Crippen molar-refractivity contribution in [2.75, 3.05) is 6.54 Å². The Morgan fingerprint density at radius 2 is 2.04 bits per heavy atom. The van der Waals surface area contributed by atoms with E-state index >= 15 is 0 Å². The summed E-state index contributed by atoms with van der Waals surface area (Å²) in [7, 11) is 0. The normalized spacial score (nSPS) is 23.9. The van der Waals surface area contributed by atoms with Gasteiger partial charge < -0.3 is 9.32 Å². The van der Waals surface area contributed by atoms with Crippen LogP contribution in [-0.2, 0) is 17.9 Å². The maximum absolute atomic E-state index is 12.5. The van der Waals surface area contributed by atoms with Crippen molar-refractivity contribution >= 4 is 5.91 Å². The van der Waals surface area contributed by atoms with E-state index in [1.165, 1.54) is 0 Å². The first-order valence-corrected chi connectivity index (χ1v) is 8.61. The smallest absolute Gasteiger partial charge is 0.224 e. The number of carbonyl (C=O) groups is 1. The number of amides is 1. The van der Waals surface area contributed by atoms with Crippen LogP contribution in [0, 0.1) is 13.8 Å². The molecule has 0 aromatic carbocycles. The highest BCUT2D eigenvalue weighted by molar-refractivity contribution is 5.80. The van der Waals surface area contributed by atoms with Crippen LogP contribution in [0.4, 0.5) is 0 Å². The van der Waals surface area contributed by atoms with Crippen LogP contribution in [0.2, 0.25) is 0 Å². The highest BCUT2D eigenvalue weighted by Gasteiger charge is 2.46. The van der Waals surface area contributed by atoms with Gasteiger partial charge in [-0.3, -0.25) is 14.7 Å². The number of carbonyl (C=O) groups excluding carboxylic acids is 1. The second-order valence-electron chi connectivity index (χ2n) is 6.90. The summed E-state index contributed by atoms with van der Waals surface area (Å²) in [6.45, 7) is 6.38. The third kappa shape index (κ3) is 2.84. The molecule has 5 heteroatoms. The van der Waals surface area contributed by atoms with Crippen molar-refractivity contribution in [1.29, 1.82) is 0 Å². The number of likely N-dealkylation sites (tertiary alicyclic amines) is 2. The molecule has 2 saturated heterocycles. The van der Waals surface area contributed by atoms with Gasteiger partial charge in [0, 0.05) is 30.7 Å². The number of pyridine rings is 1. The Labute approximate surface area is 142 Å². The minimum Gasteiger partial charge on any atom is -0.465 e. The first-order chi connectivity index (χ1) is 11.6. The number of nitrogens with zero attached hydrogens (tertiary/aromatic N) is 3. The fourth-order valence-corrected chi connectivity index (χ4v) is 4.04. The van der Waals surface area contributed by atoms with Gasteiger partial charge >= 0.3 is 0 Å². The van der Waals surface area contributed by atoms with Crippen molar-refractivity contribution in [2.45, 2.75) is 51.9 Å². The number of aryl methyl sites for hydroxylation is 2. The molecule has 0 N–H and O–H groups in total. The van der Waals surface area contributed by atoms with Gasteiger partial charge in [-0.25, -0.2) is 0 Å². The monoisotopic (exact) mass is 325 g/mol. The molecule has 2 aliphatic rings. The van der Waals surface area contributed by atoms with E-state index in [1.807, 2.05) is 49.1 Å².